The minimum Gasteiger partial charge on any atom is -0.379 e. The SMILES string of the molecule is C=C/C(=C\N(C)CC)N(C)C(C)=O. The Balaban J connectivity index is 4.58. The van der Waals surface area contributed by atoms with E-state index in [1.165, 1.54) is 6.92 Å². The van der Waals surface area contributed by atoms with Crippen molar-refractivity contribution in [2.75, 3.05) is 20.6 Å². The van der Waals surface area contributed by atoms with Gasteiger partial charge in [0.05, 0.1) is 5.70 Å². The molecule has 0 spiro atoms. The fourth-order valence-corrected chi connectivity index (χ4v) is 0.775. The molecular formula is C10H18N2O. The zero-order valence-electron chi connectivity index (χ0n) is 8.87. The van der Waals surface area contributed by atoms with Crippen LogP contribution in [0.4, 0.5) is 0 Å². The van der Waals surface area contributed by atoms with Gasteiger partial charge in [-0.25, -0.2) is 0 Å². The maximum absolute atomic E-state index is 11.0. The van der Waals surface area contributed by atoms with E-state index in [2.05, 4.69) is 6.58 Å². The molecule has 1 amide bonds. The third-order valence-corrected chi connectivity index (χ3v) is 1.92. The predicted octanol–water partition coefficient (Wildman–Crippen LogP) is 1.44. The number of rotatable bonds is 4. The number of allylic oxidation sites excluding steroid dienone is 1. The highest BCUT2D eigenvalue weighted by Gasteiger charge is 2.05. The summed E-state index contributed by atoms with van der Waals surface area (Å²) in [6.45, 7) is 8.15. The molecule has 0 radical (unpaired) electrons. The first-order valence-electron chi connectivity index (χ1n) is 4.31. The number of likely N-dealkylation sites (N-methyl/N-ethyl adjacent to an activating group) is 1. The number of hydrogen-bond donors (Lipinski definition) is 0. The smallest absolute Gasteiger partial charge is 0.223 e. The molecule has 0 saturated carbocycles. The zero-order valence-corrected chi connectivity index (χ0v) is 8.87. The lowest BCUT2D eigenvalue weighted by molar-refractivity contribution is -0.125. The van der Waals surface area contributed by atoms with Crippen LogP contribution in [-0.4, -0.2) is 36.3 Å². The molecule has 3 nitrogen and oxygen atoms in total. The summed E-state index contributed by atoms with van der Waals surface area (Å²) in [7, 11) is 3.69. The van der Waals surface area contributed by atoms with E-state index in [0.29, 0.717) is 0 Å². The minimum absolute atomic E-state index is 0.00986. The first-order chi connectivity index (χ1) is 6.02. The molecule has 13 heavy (non-hydrogen) atoms. The summed E-state index contributed by atoms with van der Waals surface area (Å²) >= 11 is 0. The van der Waals surface area contributed by atoms with Crippen LogP contribution in [-0.2, 0) is 4.79 Å². The Kier molecular flexibility index (Phi) is 4.89. The van der Waals surface area contributed by atoms with E-state index >= 15 is 0 Å². The second-order valence-corrected chi connectivity index (χ2v) is 2.91. The summed E-state index contributed by atoms with van der Waals surface area (Å²) in [5.74, 6) is 0.00986. The average Bonchev–Trinajstić information content (AvgIpc) is 2.12. The van der Waals surface area contributed by atoms with E-state index in [1.807, 2.05) is 25.1 Å². The molecule has 3 heteroatoms. The van der Waals surface area contributed by atoms with E-state index in [9.17, 15) is 4.79 Å². The second-order valence-electron chi connectivity index (χ2n) is 2.91. The Morgan fingerprint density at radius 1 is 1.46 bits per heavy atom. The quantitative estimate of drug-likeness (QED) is 0.614. The molecule has 0 aliphatic heterocycles. The van der Waals surface area contributed by atoms with E-state index in [1.54, 1.807) is 18.0 Å². The van der Waals surface area contributed by atoms with Gasteiger partial charge in [-0.2, -0.15) is 0 Å². The summed E-state index contributed by atoms with van der Waals surface area (Å²) in [5, 5.41) is 0. The molecule has 0 aliphatic rings. The topological polar surface area (TPSA) is 23.6 Å². The molecule has 0 aromatic rings. The van der Waals surface area contributed by atoms with Gasteiger partial charge in [0.25, 0.3) is 0 Å². The van der Waals surface area contributed by atoms with Gasteiger partial charge in [0.15, 0.2) is 0 Å². The molecule has 0 heterocycles. The van der Waals surface area contributed by atoms with Crippen LogP contribution in [0.15, 0.2) is 24.6 Å². The van der Waals surface area contributed by atoms with Gasteiger partial charge in [0, 0.05) is 33.8 Å². The van der Waals surface area contributed by atoms with Gasteiger partial charge < -0.3 is 9.80 Å². The Bertz CT molecular complexity index is 221. The highest BCUT2D eigenvalue weighted by molar-refractivity contribution is 5.75. The maximum atomic E-state index is 11.0. The van der Waals surface area contributed by atoms with Crippen molar-refractivity contribution >= 4 is 5.91 Å². The number of nitrogens with zero attached hydrogens (tertiary/aromatic N) is 2. The van der Waals surface area contributed by atoms with Crippen molar-refractivity contribution < 1.29 is 4.79 Å². The van der Waals surface area contributed by atoms with Crippen LogP contribution in [0.3, 0.4) is 0 Å². The molecule has 0 unspecified atom stereocenters. The van der Waals surface area contributed by atoms with Gasteiger partial charge >= 0.3 is 0 Å². The normalized spacial score (nSPS) is 10.9. The molecule has 0 N–H and O–H groups in total. The van der Waals surface area contributed by atoms with Crippen molar-refractivity contribution in [1.29, 1.82) is 0 Å². The zero-order chi connectivity index (χ0) is 10.4. The Morgan fingerprint density at radius 2 is 2.00 bits per heavy atom. The van der Waals surface area contributed by atoms with E-state index in [0.717, 1.165) is 12.2 Å². The summed E-state index contributed by atoms with van der Waals surface area (Å²) in [4.78, 5) is 14.6. The Hall–Kier alpha value is -1.25. The third-order valence-electron chi connectivity index (χ3n) is 1.92. The first kappa shape index (κ1) is 11.8. The van der Waals surface area contributed by atoms with Crippen LogP contribution < -0.4 is 0 Å². The van der Waals surface area contributed by atoms with Crippen molar-refractivity contribution in [3.8, 4) is 0 Å². The number of amides is 1. The Morgan fingerprint density at radius 3 is 2.31 bits per heavy atom. The third kappa shape index (κ3) is 3.78. The summed E-state index contributed by atoms with van der Waals surface area (Å²) in [6.07, 6.45) is 3.57. The van der Waals surface area contributed by atoms with Crippen LogP contribution in [0.25, 0.3) is 0 Å². The fourth-order valence-electron chi connectivity index (χ4n) is 0.775. The molecule has 0 bridgehead atoms. The summed E-state index contributed by atoms with van der Waals surface area (Å²) < 4.78 is 0. The summed E-state index contributed by atoms with van der Waals surface area (Å²) in [5.41, 5.74) is 0.817. The van der Waals surface area contributed by atoms with Crippen molar-refractivity contribution in [3.63, 3.8) is 0 Å². The lowest BCUT2D eigenvalue weighted by Gasteiger charge is -2.19. The largest absolute Gasteiger partial charge is 0.379 e. The molecule has 0 aromatic heterocycles. The minimum atomic E-state index is 0.00986. The highest BCUT2D eigenvalue weighted by atomic mass is 16.2. The van der Waals surface area contributed by atoms with Crippen LogP contribution in [0.1, 0.15) is 13.8 Å². The van der Waals surface area contributed by atoms with Gasteiger partial charge in [-0.3, -0.25) is 4.79 Å². The Labute approximate surface area is 80.3 Å². The molecule has 0 aromatic carbocycles. The number of carbonyl (C=O) groups excluding carboxylic acids is 1. The van der Waals surface area contributed by atoms with Crippen molar-refractivity contribution in [1.82, 2.24) is 9.80 Å². The highest BCUT2D eigenvalue weighted by Crippen LogP contribution is 2.03. The lowest BCUT2D eigenvalue weighted by atomic mass is 10.4. The average molecular weight is 182 g/mol. The van der Waals surface area contributed by atoms with Crippen LogP contribution in [0.5, 0.6) is 0 Å². The van der Waals surface area contributed by atoms with Crippen molar-refractivity contribution in [2.24, 2.45) is 0 Å². The lowest BCUT2D eigenvalue weighted by Crippen LogP contribution is -2.24. The molecular weight excluding hydrogens is 164 g/mol. The second kappa shape index (κ2) is 5.41. The molecule has 74 valence electrons. The monoisotopic (exact) mass is 182 g/mol. The number of hydrogen-bond acceptors (Lipinski definition) is 2. The van der Waals surface area contributed by atoms with Gasteiger partial charge in [0.1, 0.15) is 0 Å². The van der Waals surface area contributed by atoms with Crippen molar-refractivity contribution in [3.05, 3.63) is 24.6 Å². The standard InChI is InChI=1S/C10H18N2O/c1-6-10(8-11(4)7-2)12(5)9(3)13/h6,8H,1,7H2,2-5H3/b10-8+. The van der Waals surface area contributed by atoms with Crippen LogP contribution >= 0.6 is 0 Å². The number of carbonyl (C=O) groups is 1. The van der Waals surface area contributed by atoms with Gasteiger partial charge in [-0.05, 0) is 13.0 Å². The molecule has 0 aliphatic carbocycles. The van der Waals surface area contributed by atoms with Gasteiger partial charge in [-0.15, -0.1) is 0 Å². The van der Waals surface area contributed by atoms with Crippen LogP contribution in [0, 0.1) is 0 Å². The molecule has 0 rings (SSSR count). The van der Waals surface area contributed by atoms with Crippen LogP contribution in [0.2, 0.25) is 0 Å². The molecule has 0 saturated heterocycles. The maximum Gasteiger partial charge on any atom is 0.223 e. The first-order valence-corrected chi connectivity index (χ1v) is 4.31. The van der Waals surface area contributed by atoms with E-state index in [-0.39, 0.29) is 5.91 Å². The van der Waals surface area contributed by atoms with E-state index in [4.69, 9.17) is 0 Å². The predicted molar refractivity (Wildman–Crippen MR) is 55.0 cm³/mol. The van der Waals surface area contributed by atoms with E-state index < -0.39 is 0 Å². The molecule has 0 fully saturated rings. The molecule has 0 atom stereocenters. The van der Waals surface area contributed by atoms with Gasteiger partial charge in [0.2, 0.25) is 5.91 Å². The van der Waals surface area contributed by atoms with Gasteiger partial charge in [-0.1, -0.05) is 6.58 Å². The fraction of sp³-hybridized carbons (Fsp3) is 0.500. The van der Waals surface area contributed by atoms with Crippen molar-refractivity contribution in [2.45, 2.75) is 13.8 Å². The summed E-state index contributed by atoms with van der Waals surface area (Å²) in [6, 6.07) is 0.